The highest BCUT2D eigenvalue weighted by atomic mass is 16.5. The second-order valence-corrected chi connectivity index (χ2v) is 6.65. The number of hydrogen-bond donors (Lipinski definition) is 0. The number of hydrogen-bond acceptors (Lipinski definition) is 5. The van der Waals surface area contributed by atoms with Gasteiger partial charge in [-0.2, -0.15) is 0 Å². The van der Waals surface area contributed by atoms with E-state index in [1.807, 2.05) is 12.1 Å². The molecule has 0 radical (unpaired) electrons. The Morgan fingerprint density at radius 2 is 1.88 bits per heavy atom. The van der Waals surface area contributed by atoms with Gasteiger partial charge in [0.05, 0.1) is 7.11 Å². The van der Waals surface area contributed by atoms with Crippen LogP contribution in [0.2, 0.25) is 0 Å². The van der Waals surface area contributed by atoms with E-state index in [1.54, 1.807) is 13.4 Å². The second-order valence-electron chi connectivity index (χ2n) is 6.65. The molecule has 5 heteroatoms. The van der Waals surface area contributed by atoms with E-state index in [9.17, 15) is 0 Å². The molecule has 4 rings (SSSR count). The Kier molecular flexibility index (Phi) is 4.34. The molecule has 1 saturated heterocycles. The van der Waals surface area contributed by atoms with Crippen LogP contribution in [0.1, 0.15) is 30.0 Å². The summed E-state index contributed by atoms with van der Waals surface area (Å²) in [6.45, 7) is 5.04. The Morgan fingerprint density at radius 3 is 2.62 bits per heavy atom. The van der Waals surface area contributed by atoms with E-state index >= 15 is 0 Å². The minimum absolute atomic E-state index is 0.679. The van der Waals surface area contributed by atoms with Crippen LogP contribution >= 0.6 is 0 Å². The monoisotopic (exact) mass is 324 g/mol. The first-order chi connectivity index (χ1) is 11.8. The Bertz CT molecular complexity index is 693. The minimum atomic E-state index is 0.679. The Morgan fingerprint density at radius 1 is 1.08 bits per heavy atom. The summed E-state index contributed by atoms with van der Waals surface area (Å²) in [4.78, 5) is 13.8. The third kappa shape index (κ3) is 3.36. The molecule has 5 nitrogen and oxygen atoms in total. The zero-order valence-corrected chi connectivity index (χ0v) is 14.2. The highest BCUT2D eigenvalue weighted by Gasteiger charge is 2.26. The number of ether oxygens (including phenoxy) is 1. The van der Waals surface area contributed by atoms with Crippen molar-refractivity contribution in [1.29, 1.82) is 0 Å². The van der Waals surface area contributed by atoms with Crippen LogP contribution in [-0.2, 0) is 6.54 Å². The summed E-state index contributed by atoms with van der Waals surface area (Å²) >= 11 is 0. The molecule has 1 aromatic heterocycles. The van der Waals surface area contributed by atoms with E-state index < -0.39 is 0 Å². The molecule has 2 aliphatic rings. The molecule has 0 spiro atoms. The second kappa shape index (κ2) is 6.77. The fraction of sp³-hybridized carbons (Fsp3) is 0.474. The molecule has 1 aromatic carbocycles. The molecule has 0 amide bonds. The summed E-state index contributed by atoms with van der Waals surface area (Å²) < 4.78 is 5.46. The molecule has 126 valence electrons. The summed E-state index contributed by atoms with van der Waals surface area (Å²) in [5.74, 6) is 2.74. The predicted molar refractivity (Wildman–Crippen MR) is 94.5 cm³/mol. The third-order valence-corrected chi connectivity index (χ3v) is 4.95. The molecule has 0 N–H and O–H groups in total. The van der Waals surface area contributed by atoms with Crippen molar-refractivity contribution in [3.63, 3.8) is 0 Å². The van der Waals surface area contributed by atoms with Crippen molar-refractivity contribution in [3.05, 3.63) is 47.9 Å². The van der Waals surface area contributed by atoms with Crippen molar-refractivity contribution in [2.24, 2.45) is 0 Å². The maximum absolute atomic E-state index is 5.46. The summed E-state index contributed by atoms with van der Waals surface area (Å²) in [5.41, 5.74) is 2.47. The van der Waals surface area contributed by atoms with Crippen LogP contribution in [0.4, 0.5) is 5.82 Å². The molecule has 1 saturated carbocycles. The third-order valence-electron chi connectivity index (χ3n) is 4.95. The Hall–Kier alpha value is -2.14. The van der Waals surface area contributed by atoms with Gasteiger partial charge in [-0.25, -0.2) is 9.97 Å². The lowest BCUT2D eigenvalue weighted by molar-refractivity contribution is 0.245. The summed E-state index contributed by atoms with van der Waals surface area (Å²) in [6, 6.07) is 10.5. The molecule has 24 heavy (non-hydrogen) atoms. The van der Waals surface area contributed by atoms with Crippen LogP contribution in [0.5, 0.6) is 5.75 Å². The number of piperazine rings is 1. The van der Waals surface area contributed by atoms with Crippen LogP contribution in [0, 0.1) is 0 Å². The van der Waals surface area contributed by atoms with Gasteiger partial charge in [-0.15, -0.1) is 0 Å². The number of anilines is 1. The number of aromatic nitrogens is 2. The van der Waals surface area contributed by atoms with Gasteiger partial charge in [-0.05, 0) is 18.9 Å². The van der Waals surface area contributed by atoms with Gasteiger partial charge in [-0.3, -0.25) is 4.90 Å². The van der Waals surface area contributed by atoms with Gasteiger partial charge in [0.15, 0.2) is 0 Å². The molecule has 0 unspecified atom stereocenters. The summed E-state index contributed by atoms with van der Waals surface area (Å²) in [7, 11) is 1.74. The maximum Gasteiger partial charge on any atom is 0.132 e. The van der Waals surface area contributed by atoms with E-state index in [-0.39, 0.29) is 0 Å². The molecule has 2 heterocycles. The first-order valence-electron chi connectivity index (χ1n) is 8.74. The number of methoxy groups -OCH3 is 1. The highest BCUT2D eigenvalue weighted by molar-refractivity contribution is 5.41. The van der Waals surface area contributed by atoms with Crippen LogP contribution in [0.15, 0.2) is 36.7 Å². The van der Waals surface area contributed by atoms with Gasteiger partial charge in [0.1, 0.15) is 17.9 Å². The van der Waals surface area contributed by atoms with Crippen molar-refractivity contribution in [2.75, 3.05) is 38.2 Å². The fourth-order valence-corrected chi connectivity index (χ4v) is 3.35. The largest absolute Gasteiger partial charge is 0.496 e. The lowest BCUT2D eigenvalue weighted by Gasteiger charge is -2.35. The standard InChI is InChI=1S/C19H24N4O/c1-24-18-5-3-2-4-16(18)13-22-8-10-23(11-9-22)19-12-17(15-6-7-15)20-14-21-19/h2-5,12,14-15H,6-11,13H2,1H3. The molecular weight excluding hydrogens is 300 g/mol. The Labute approximate surface area is 143 Å². The van der Waals surface area contributed by atoms with E-state index in [4.69, 9.17) is 4.74 Å². The van der Waals surface area contributed by atoms with Crippen LogP contribution in [0.25, 0.3) is 0 Å². The molecule has 0 bridgehead atoms. The van der Waals surface area contributed by atoms with Gasteiger partial charge >= 0.3 is 0 Å². The molecule has 2 fully saturated rings. The van der Waals surface area contributed by atoms with Crippen molar-refractivity contribution in [3.8, 4) is 5.75 Å². The van der Waals surface area contributed by atoms with Crippen molar-refractivity contribution >= 4 is 5.82 Å². The van der Waals surface area contributed by atoms with Crippen LogP contribution in [0.3, 0.4) is 0 Å². The van der Waals surface area contributed by atoms with Gasteiger partial charge < -0.3 is 9.64 Å². The topological polar surface area (TPSA) is 41.5 Å². The molecule has 2 aromatic rings. The van der Waals surface area contributed by atoms with E-state index in [1.165, 1.54) is 24.1 Å². The lowest BCUT2D eigenvalue weighted by atomic mass is 10.1. The fourth-order valence-electron chi connectivity index (χ4n) is 3.35. The molecule has 1 aliphatic heterocycles. The molecule has 1 aliphatic carbocycles. The first kappa shape index (κ1) is 15.4. The van der Waals surface area contributed by atoms with Gasteiger partial charge in [0.25, 0.3) is 0 Å². The number of para-hydroxylation sites is 1. The Balaban J connectivity index is 1.37. The lowest BCUT2D eigenvalue weighted by Crippen LogP contribution is -2.46. The SMILES string of the molecule is COc1ccccc1CN1CCN(c2cc(C3CC3)ncn2)CC1. The summed E-state index contributed by atoms with van der Waals surface area (Å²) in [6.07, 6.45) is 4.29. The summed E-state index contributed by atoms with van der Waals surface area (Å²) in [5, 5.41) is 0. The normalized spacial score (nSPS) is 18.6. The average Bonchev–Trinajstić information content (AvgIpc) is 3.48. The predicted octanol–water partition coefficient (Wildman–Crippen LogP) is 2.68. The first-order valence-corrected chi connectivity index (χ1v) is 8.74. The van der Waals surface area contributed by atoms with Crippen molar-refractivity contribution < 1.29 is 4.74 Å². The molecular formula is C19H24N4O. The van der Waals surface area contributed by atoms with Crippen molar-refractivity contribution in [1.82, 2.24) is 14.9 Å². The average molecular weight is 324 g/mol. The van der Waals surface area contributed by atoms with Crippen LogP contribution < -0.4 is 9.64 Å². The van der Waals surface area contributed by atoms with E-state index in [0.717, 1.165) is 44.3 Å². The minimum Gasteiger partial charge on any atom is -0.496 e. The van der Waals surface area contributed by atoms with Crippen molar-refractivity contribution in [2.45, 2.75) is 25.3 Å². The van der Waals surface area contributed by atoms with Crippen LogP contribution in [-0.4, -0.2) is 48.2 Å². The quantitative estimate of drug-likeness (QED) is 0.846. The highest BCUT2D eigenvalue weighted by Crippen LogP contribution is 2.39. The van der Waals surface area contributed by atoms with Gasteiger partial charge in [-0.1, -0.05) is 18.2 Å². The van der Waals surface area contributed by atoms with E-state index in [0.29, 0.717) is 5.92 Å². The van der Waals surface area contributed by atoms with E-state index in [2.05, 4.69) is 38.0 Å². The number of benzene rings is 1. The zero-order chi connectivity index (χ0) is 16.4. The smallest absolute Gasteiger partial charge is 0.132 e. The van der Waals surface area contributed by atoms with Gasteiger partial charge in [0, 0.05) is 56.0 Å². The number of rotatable bonds is 5. The number of nitrogens with zero attached hydrogens (tertiary/aromatic N) is 4. The zero-order valence-electron chi connectivity index (χ0n) is 14.2. The maximum atomic E-state index is 5.46. The van der Waals surface area contributed by atoms with Gasteiger partial charge in [0.2, 0.25) is 0 Å². The molecule has 0 atom stereocenters.